The fourth-order valence-corrected chi connectivity index (χ4v) is 3.38. The number of carbonyl (C=O) groups excluding carboxylic acids is 1. The van der Waals surface area contributed by atoms with Crippen LogP contribution in [0.25, 0.3) is 16.9 Å². The lowest BCUT2D eigenvalue weighted by Crippen LogP contribution is -2.24. The number of rotatable bonds is 4. The summed E-state index contributed by atoms with van der Waals surface area (Å²) in [4.78, 5) is 20.8. The summed E-state index contributed by atoms with van der Waals surface area (Å²) in [5.74, 6) is -0.634. The Morgan fingerprint density at radius 2 is 1.90 bits per heavy atom. The molecule has 0 spiro atoms. The van der Waals surface area contributed by atoms with E-state index in [1.54, 1.807) is 54.9 Å². The van der Waals surface area contributed by atoms with Crippen LogP contribution in [-0.2, 0) is 12.7 Å². The second-order valence-corrected chi connectivity index (χ2v) is 7.13. The van der Waals surface area contributed by atoms with Crippen LogP contribution in [-0.4, -0.2) is 25.5 Å². The third-order valence-electron chi connectivity index (χ3n) is 4.28. The Hall–Kier alpha value is -3.27. The molecule has 0 aliphatic carbocycles. The Labute approximate surface area is 176 Å². The van der Waals surface area contributed by atoms with Crippen molar-refractivity contribution in [2.24, 2.45) is 0 Å². The minimum absolute atomic E-state index is 0.0782. The van der Waals surface area contributed by atoms with Gasteiger partial charge in [-0.3, -0.25) is 9.78 Å². The van der Waals surface area contributed by atoms with E-state index in [4.69, 9.17) is 0 Å². The molecule has 6 nitrogen and oxygen atoms in total. The van der Waals surface area contributed by atoms with Gasteiger partial charge in [-0.25, -0.2) is 9.50 Å². The topological polar surface area (TPSA) is 72.2 Å². The quantitative estimate of drug-likeness (QED) is 0.471. The van der Waals surface area contributed by atoms with E-state index in [2.05, 4.69) is 36.3 Å². The maximum atomic E-state index is 13.7. The van der Waals surface area contributed by atoms with Crippen LogP contribution in [0.15, 0.2) is 65.4 Å². The summed E-state index contributed by atoms with van der Waals surface area (Å²) in [5, 5.41) is 6.51. The number of aromatic nitrogens is 4. The third-order valence-corrected chi connectivity index (χ3v) is 5.01. The number of benzene rings is 1. The summed E-state index contributed by atoms with van der Waals surface area (Å²) in [5.41, 5.74) is 0.0569. The fourth-order valence-electron chi connectivity index (χ4n) is 2.86. The number of amides is 1. The van der Waals surface area contributed by atoms with Crippen LogP contribution in [0.2, 0.25) is 0 Å². The number of fused-ring (bicyclic) bond motifs is 1. The van der Waals surface area contributed by atoms with Crippen molar-refractivity contribution in [2.45, 2.75) is 12.7 Å². The molecule has 4 aromatic rings. The Morgan fingerprint density at radius 3 is 2.57 bits per heavy atom. The van der Waals surface area contributed by atoms with Crippen molar-refractivity contribution in [1.82, 2.24) is 24.9 Å². The molecule has 152 valence electrons. The first kappa shape index (κ1) is 20.0. The molecule has 0 unspecified atom stereocenters. The molecule has 3 aromatic heterocycles. The van der Waals surface area contributed by atoms with Crippen molar-refractivity contribution in [1.29, 1.82) is 0 Å². The van der Waals surface area contributed by atoms with Crippen LogP contribution < -0.4 is 5.32 Å². The van der Waals surface area contributed by atoms with Gasteiger partial charge >= 0.3 is 6.18 Å². The van der Waals surface area contributed by atoms with E-state index in [0.29, 0.717) is 10.1 Å². The number of hydrogen-bond donors (Lipinski definition) is 1. The Kier molecular flexibility index (Phi) is 5.25. The standard InChI is InChI=1S/C20H13BrF3N5O/c21-16-17(19(30)26-11-12-5-4-8-25-10-12)28-29-15(20(22,23)24)9-14(27-18(16)29)13-6-2-1-3-7-13/h1-10H,11H2,(H,26,30). The molecule has 1 aromatic carbocycles. The van der Waals surface area contributed by atoms with Gasteiger partial charge in [-0.2, -0.15) is 18.3 Å². The zero-order valence-corrected chi connectivity index (χ0v) is 16.8. The van der Waals surface area contributed by atoms with Gasteiger partial charge in [-0.05, 0) is 33.6 Å². The minimum Gasteiger partial charge on any atom is -0.346 e. The Balaban J connectivity index is 1.77. The van der Waals surface area contributed by atoms with E-state index in [0.717, 1.165) is 11.6 Å². The SMILES string of the molecule is O=C(NCc1cccnc1)c1nn2c(C(F)(F)F)cc(-c3ccccc3)nc2c1Br. The van der Waals surface area contributed by atoms with E-state index in [1.165, 1.54) is 0 Å². The molecule has 0 aliphatic rings. The number of alkyl halides is 3. The van der Waals surface area contributed by atoms with Crippen LogP contribution in [0.3, 0.4) is 0 Å². The summed E-state index contributed by atoms with van der Waals surface area (Å²) >= 11 is 3.20. The zero-order valence-electron chi connectivity index (χ0n) is 15.2. The van der Waals surface area contributed by atoms with Crippen molar-refractivity contribution in [2.75, 3.05) is 0 Å². The van der Waals surface area contributed by atoms with Gasteiger partial charge in [0.15, 0.2) is 17.0 Å². The molecule has 0 aliphatic heterocycles. The van der Waals surface area contributed by atoms with Gasteiger partial charge in [0.1, 0.15) is 0 Å². The van der Waals surface area contributed by atoms with E-state index in [-0.39, 0.29) is 28.1 Å². The maximum absolute atomic E-state index is 13.7. The zero-order chi connectivity index (χ0) is 21.3. The normalized spacial score (nSPS) is 11.6. The lowest BCUT2D eigenvalue weighted by molar-refractivity contribution is -0.142. The highest BCUT2D eigenvalue weighted by Gasteiger charge is 2.36. The molecule has 0 saturated heterocycles. The van der Waals surface area contributed by atoms with Gasteiger partial charge in [0, 0.05) is 24.5 Å². The monoisotopic (exact) mass is 475 g/mol. The fraction of sp³-hybridized carbons (Fsp3) is 0.100. The van der Waals surface area contributed by atoms with Gasteiger partial charge in [0.2, 0.25) is 0 Å². The smallest absolute Gasteiger partial charge is 0.346 e. The van der Waals surface area contributed by atoms with E-state index >= 15 is 0 Å². The highest BCUT2D eigenvalue weighted by atomic mass is 79.9. The number of hydrogen-bond acceptors (Lipinski definition) is 4. The first-order valence-corrected chi connectivity index (χ1v) is 9.53. The first-order chi connectivity index (χ1) is 14.3. The average molecular weight is 476 g/mol. The largest absolute Gasteiger partial charge is 0.433 e. The van der Waals surface area contributed by atoms with Crippen molar-refractivity contribution < 1.29 is 18.0 Å². The number of nitrogens with one attached hydrogen (secondary N) is 1. The van der Waals surface area contributed by atoms with Crippen molar-refractivity contribution in [3.8, 4) is 11.3 Å². The lowest BCUT2D eigenvalue weighted by Gasteiger charge is -2.11. The van der Waals surface area contributed by atoms with Gasteiger partial charge in [0.25, 0.3) is 5.91 Å². The van der Waals surface area contributed by atoms with Crippen molar-refractivity contribution >= 4 is 27.5 Å². The molecule has 1 N–H and O–H groups in total. The molecule has 1 amide bonds. The van der Waals surface area contributed by atoms with Gasteiger partial charge in [0.05, 0.1) is 10.2 Å². The predicted octanol–water partition coefficient (Wildman–Crippen LogP) is 4.50. The highest BCUT2D eigenvalue weighted by molar-refractivity contribution is 9.10. The average Bonchev–Trinajstić information content (AvgIpc) is 3.08. The first-order valence-electron chi connectivity index (χ1n) is 8.73. The molecule has 0 saturated carbocycles. The van der Waals surface area contributed by atoms with Gasteiger partial charge in [-0.1, -0.05) is 36.4 Å². The number of carbonyl (C=O) groups is 1. The summed E-state index contributed by atoms with van der Waals surface area (Å²) in [6.45, 7) is 0.155. The summed E-state index contributed by atoms with van der Waals surface area (Å²) < 4.78 is 41.9. The lowest BCUT2D eigenvalue weighted by atomic mass is 10.1. The minimum atomic E-state index is -4.69. The number of halogens is 4. The maximum Gasteiger partial charge on any atom is 0.433 e. The molecule has 0 atom stereocenters. The van der Waals surface area contributed by atoms with Crippen molar-refractivity contribution in [3.63, 3.8) is 0 Å². The van der Waals surface area contributed by atoms with Gasteiger partial charge in [-0.15, -0.1) is 0 Å². The van der Waals surface area contributed by atoms with Crippen LogP contribution in [0.4, 0.5) is 13.2 Å². The summed E-state index contributed by atoms with van der Waals surface area (Å²) in [6, 6.07) is 12.9. The second-order valence-electron chi connectivity index (χ2n) is 6.33. The van der Waals surface area contributed by atoms with Crippen LogP contribution in [0.1, 0.15) is 21.7 Å². The van der Waals surface area contributed by atoms with Crippen LogP contribution in [0, 0.1) is 0 Å². The van der Waals surface area contributed by atoms with E-state index in [9.17, 15) is 18.0 Å². The molecule has 4 rings (SSSR count). The van der Waals surface area contributed by atoms with Crippen molar-refractivity contribution in [3.05, 3.63) is 82.3 Å². The molecule has 10 heteroatoms. The number of pyridine rings is 1. The van der Waals surface area contributed by atoms with E-state index < -0.39 is 17.8 Å². The van der Waals surface area contributed by atoms with Crippen LogP contribution >= 0.6 is 15.9 Å². The Morgan fingerprint density at radius 1 is 1.13 bits per heavy atom. The molecule has 0 bridgehead atoms. The summed E-state index contributed by atoms with van der Waals surface area (Å²) in [7, 11) is 0. The predicted molar refractivity (Wildman–Crippen MR) is 107 cm³/mol. The molecule has 0 fully saturated rings. The highest BCUT2D eigenvalue weighted by Crippen LogP contribution is 2.34. The molecular weight excluding hydrogens is 463 g/mol. The Bertz CT molecular complexity index is 1210. The molecular formula is C20H13BrF3N5O. The van der Waals surface area contributed by atoms with Crippen LogP contribution in [0.5, 0.6) is 0 Å². The van der Waals surface area contributed by atoms with E-state index in [1.807, 2.05) is 0 Å². The summed E-state index contributed by atoms with van der Waals surface area (Å²) in [6.07, 6.45) is -1.52. The molecule has 30 heavy (non-hydrogen) atoms. The molecule has 3 heterocycles. The van der Waals surface area contributed by atoms with Gasteiger partial charge < -0.3 is 5.32 Å². The third kappa shape index (κ3) is 3.90. The second kappa shape index (κ2) is 7.86. The number of nitrogens with zero attached hydrogens (tertiary/aromatic N) is 4. The molecule has 0 radical (unpaired) electrons.